The molecule has 1 aliphatic heterocycles. The number of carbonyl (C=O) groups is 1. The third kappa shape index (κ3) is 3.72. The number of aryl methyl sites for hydroxylation is 2. The van der Waals surface area contributed by atoms with Crippen LogP contribution in [0.5, 0.6) is 0 Å². The zero-order valence-corrected chi connectivity index (χ0v) is 16.1. The van der Waals surface area contributed by atoms with Gasteiger partial charge >= 0.3 is 0 Å². The van der Waals surface area contributed by atoms with Crippen molar-refractivity contribution in [1.82, 2.24) is 19.4 Å². The van der Waals surface area contributed by atoms with E-state index in [1.54, 1.807) is 43.0 Å². The number of hydrogen-bond acceptors (Lipinski definition) is 5. The van der Waals surface area contributed by atoms with Gasteiger partial charge in [0.05, 0.1) is 23.0 Å². The highest BCUT2D eigenvalue weighted by Crippen LogP contribution is 2.23. The Morgan fingerprint density at radius 2 is 2.00 bits per heavy atom. The molecule has 8 nitrogen and oxygen atoms in total. The van der Waals surface area contributed by atoms with Gasteiger partial charge in [-0.15, -0.1) is 0 Å². The molecular weight excluding hydrogens is 366 g/mol. The number of rotatable bonds is 3. The Morgan fingerprint density at radius 3 is 2.67 bits per heavy atom. The number of H-pyrrole nitrogens is 1. The Balaban J connectivity index is 1.78. The number of nitrogens with zero attached hydrogens (tertiary/aromatic N) is 4. The van der Waals surface area contributed by atoms with E-state index in [1.165, 1.54) is 4.31 Å². The maximum atomic E-state index is 13.0. The summed E-state index contributed by atoms with van der Waals surface area (Å²) < 4.78 is 27.4. The van der Waals surface area contributed by atoms with Crippen LogP contribution in [0.2, 0.25) is 0 Å². The van der Waals surface area contributed by atoms with Crippen molar-refractivity contribution < 1.29 is 13.2 Å². The molecule has 3 rings (SSSR count). The molecule has 1 saturated heterocycles. The predicted octanol–water partition coefficient (Wildman–Crippen LogP) is 1.44. The number of sulfonamides is 1. The molecule has 0 bridgehead atoms. The highest BCUT2D eigenvalue weighted by Gasteiger charge is 2.32. The van der Waals surface area contributed by atoms with Gasteiger partial charge in [0, 0.05) is 31.7 Å². The van der Waals surface area contributed by atoms with Crippen molar-refractivity contribution in [1.29, 1.82) is 5.26 Å². The fourth-order valence-corrected chi connectivity index (χ4v) is 5.09. The Kier molecular flexibility index (Phi) is 5.30. The van der Waals surface area contributed by atoms with Crippen LogP contribution in [0.15, 0.2) is 29.2 Å². The molecule has 0 saturated carbocycles. The summed E-state index contributed by atoms with van der Waals surface area (Å²) >= 11 is 0. The second kappa shape index (κ2) is 7.50. The van der Waals surface area contributed by atoms with Crippen LogP contribution < -0.4 is 0 Å². The molecule has 9 heteroatoms. The molecule has 0 atom stereocenters. The molecule has 1 aromatic heterocycles. The van der Waals surface area contributed by atoms with Gasteiger partial charge in [-0.25, -0.2) is 8.42 Å². The molecule has 0 spiro atoms. The summed E-state index contributed by atoms with van der Waals surface area (Å²) in [5.74, 6) is -0.193. The van der Waals surface area contributed by atoms with Crippen molar-refractivity contribution in [3.05, 3.63) is 46.8 Å². The number of aromatic amines is 1. The second-order valence-electron chi connectivity index (χ2n) is 6.51. The quantitative estimate of drug-likeness (QED) is 0.857. The Hall–Kier alpha value is -2.70. The van der Waals surface area contributed by atoms with Crippen molar-refractivity contribution in [2.24, 2.45) is 0 Å². The van der Waals surface area contributed by atoms with Gasteiger partial charge in [-0.3, -0.25) is 9.89 Å². The van der Waals surface area contributed by atoms with Gasteiger partial charge in [-0.05, 0) is 38.5 Å². The molecular formula is C18H21N5O3S. The first-order valence-corrected chi connectivity index (χ1v) is 10.1. The molecule has 2 heterocycles. The molecule has 1 fully saturated rings. The molecule has 1 amide bonds. The van der Waals surface area contributed by atoms with Crippen LogP contribution in [0.1, 0.15) is 33.7 Å². The van der Waals surface area contributed by atoms with E-state index in [0.717, 1.165) is 0 Å². The van der Waals surface area contributed by atoms with Crippen LogP contribution in [-0.2, 0) is 10.0 Å². The lowest BCUT2D eigenvalue weighted by atomic mass is 10.1. The Labute approximate surface area is 158 Å². The summed E-state index contributed by atoms with van der Waals surface area (Å²) in [4.78, 5) is 14.6. The van der Waals surface area contributed by atoms with Gasteiger partial charge in [-0.1, -0.05) is 6.07 Å². The number of hydrogen-bond donors (Lipinski definition) is 1. The zero-order chi connectivity index (χ0) is 19.6. The normalized spacial score (nSPS) is 16.0. The number of nitriles is 1. The fourth-order valence-electron chi connectivity index (χ4n) is 3.29. The van der Waals surface area contributed by atoms with Crippen LogP contribution in [0, 0.1) is 25.2 Å². The lowest BCUT2D eigenvalue weighted by Gasteiger charge is -2.22. The van der Waals surface area contributed by atoms with E-state index in [1.807, 2.05) is 6.07 Å². The van der Waals surface area contributed by atoms with E-state index in [-0.39, 0.29) is 17.3 Å². The average molecular weight is 387 g/mol. The maximum absolute atomic E-state index is 13.0. The summed E-state index contributed by atoms with van der Waals surface area (Å²) in [6.07, 6.45) is 0.541. The minimum Gasteiger partial charge on any atom is -0.337 e. The predicted molar refractivity (Wildman–Crippen MR) is 98.5 cm³/mol. The topological polar surface area (TPSA) is 110 Å². The summed E-state index contributed by atoms with van der Waals surface area (Å²) in [6, 6.07) is 8.56. The van der Waals surface area contributed by atoms with Crippen LogP contribution in [0.4, 0.5) is 0 Å². The van der Waals surface area contributed by atoms with Gasteiger partial charge in [0.15, 0.2) is 0 Å². The van der Waals surface area contributed by atoms with Crippen molar-refractivity contribution in [2.45, 2.75) is 25.2 Å². The van der Waals surface area contributed by atoms with E-state index in [2.05, 4.69) is 10.2 Å². The molecule has 0 aliphatic carbocycles. The number of aromatic nitrogens is 2. The molecule has 1 aromatic carbocycles. The second-order valence-corrected chi connectivity index (χ2v) is 8.38. The van der Waals surface area contributed by atoms with E-state index in [4.69, 9.17) is 5.26 Å². The largest absolute Gasteiger partial charge is 0.337 e. The van der Waals surface area contributed by atoms with Crippen LogP contribution in [-0.4, -0.2) is 59.9 Å². The SMILES string of the molecule is Cc1n[nH]c(C)c1S(=O)(=O)N1CCCN(C(=O)c2cccc(C#N)c2)CC1. The van der Waals surface area contributed by atoms with Crippen LogP contribution in [0.3, 0.4) is 0 Å². The molecule has 0 radical (unpaired) electrons. The molecule has 27 heavy (non-hydrogen) atoms. The van der Waals surface area contributed by atoms with E-state index < -0.39 is 10.0 Å². The lowest BCUT2D eigenvalue weighted by Crippen LogP contribution is -2.37. The molecule has 1 aliphatic rings. The van der Waals surface area contributed by atoms with Gasteiger partial charge in [0.2, 0.25) is 10.0 Å². The van der Waals surface area contributed by atoms with Gasteiger partial charge in [-0.2, -0.15) is 14.7 Å². The first-order valence-electron chi connectivity index (χ1n) is 8.65. The molecule has 0 unspecified atom stereocenters. The van der Waals surface area contributed by atoms with E-state index in [9.17, 15) is 13.2 Å². The van der Waals surface area contributed by atoms with Crippen molar-refractivity contribution in [3.8, 4) is 6.07 Å². The lowest BCUT2D eigenvalue weighted by molar-refractivity contribution is 0.0764. The third-order valence-electron chi connectivity index (χ3n) is 4.64. The van der Waals surface area contributed by atoms with Gasteiger partial charge in [0.25, 0.3) is 5.91 Å². The van der Waals surface area contributed by atoms with E-state index in [0.29, 0.717) is 48.6 Å². The highest BCUT2D eigenvalue weighted by atomic mass is 32.2. The Morgan fingerprint density at radius 1 is 1.22 bits per heavy atom. The molecule has 2 aromatic rings. The molecule has 142 valence electrons. The summed E-state index contributed by atoms with van der Waals surface area (Å²) in [6.45, 7) is 4.66. The average Bonchev–Trinajstić information content (AvgIpc) is 2.87. The monoisotopic (exact) mass is 387 g/mol. The van der Waals surface area contributed by atoms with Gasteiger partial charge < -0.3 is 4.90 Å². The highest BCUT2D eigenvalue weighted by molar-refractivity contribution is 7.89. The van der Waals surface area contributed by atoms with Crippen molar-refractivity contribution in [3.63, 3.8) is 0 Å². The van der Waals surface area contributed by atoms with Crippen LogP contribution in [0.25, 0.3) is 0 Å². The zero-order valence-electron chi connectivity index (χ0n) is 15.3. The number of carbonyl (C=O) groups excluding carboxylic acids is 1. The first kappa shape index (κ1) is 19.1. The number of nitrogens with one attached hydrogen (secondary N) is 1. The van der Waals surface area contributed by atoms with E-state index >= 15 is 0 Å². The smallest absolute Gasteiger partial charge is 0.253 e. The van der Waals surface area contributed by atoms with Gasteiger partial charge in [0.1, 0.15) is 4.90 Å². The fraction of sp³-hybridized carbons (Fsp3) is 0.389. The molecule has 1 N–H and O–H groups in total. The number of benzene rings is 1. The minimum absolute atomic E-state index is 0.193. The van der Waals surface area contributed by atoms with Crippen molar-refractivity contribution in [2.75, 3.05) is 26.2 Å². The summed E-state index contributed by atoms with van der Waals surface area (Å²) in [7, 11) is -3.67. The minimum atomic E-state index is -3.67. The third-order valence-corrected chi connectivity index (χ3v) is 6.80. The standard InChI is InChI=1S/C18H21N5O3S/c1-13-17(14(2)21-20-13)27(25,26)23-8-4-7-22(9-10-23)18(24)16-6-3-5-15(11-16)12-19/h3,5-6,11H,4,7-10H2,1-2H3,(H,20,21). The van der Waals surface area contributed by atoms with Crippen molar-refractivity contribution >= 4 is 15.9 Å². The van der Waals surface area contributed by atoms with Crippen LogP contribution >= 0.6 is 0 Å². The first-order chi connectivity index (χ1) is 12.8. The summed E-state index contributed by atoms with van der Waals surface area (Å²) in [5, 5.41) is 15.7. The summed E-state index contributed by atoms with van der Waals surface area (Å²) in [5.41, 5.74) is 1.81. The number of amides is 1. The Bertz CT molecular complexity index is 987. The maximum Gasteiger partial charge on any atom is 0.253 e.